The van der Waals surface area contributed by atoms with Gasteiger partial charge >= 0.3 is 6.18 Å². The molecule has 7 heteroatoms. The van der Waals surface area contributed by atoms with E-state index in [1.54, 1.807) is 0 Å². The van der Waals surface area contributed by atoms with Gasteiger partial charge in [-0.3, -0.25) is 9.69 Å². The number of amides is 1. The van der Waals surface area contributed by atoms with E-state index in [2.05, 4.69) is 4.90 Å². The van der Waals surface area contributed by atoms with Crippen LogP contribution in [0.1, 0.15) is 24.0 Å². The van der Waals surface area contributed by atoms with E-state index in [4.69, 9.17) is 4.74 Å². The molecule has 1 aromatic carbocycles. The van der Waals surface area contributed by atoms with Crippen molar-refractivity contribution in [1.29, 1.82) is 0 Å². The number of carbonyl (C=O) groups is 1. The van der Waals surface area contributed by atoms with Crippen molar-refractivity contribution in [3.8, 4) is 5.75 Å². The first kappa shape index (κ1) is 19.6. The summed E-state index contributed by atoms with van der Waals surface area (Å²) in [6.07, 6.45) is -4.96. The van der Waals surface area contributed by atoms with Crippen LogP contribution in [0.5, 0.6) is 5.75 Å². The maximum Gasteiger partial charge on any atom is 0.397 e. The Morgan fingerprint density at radius 1 is 1.16 bits per heavy atom. The Morgan fingerprint density at radius 2 is 1.84 bits per heavy atom. The number of benzene rings is 1. The molecule has 1 heterocycles. The van der Waals surface area contributed by atoms with Gasteiger partial charge in [0, 0.05) is 32.7 Å². The molecule has 4 nitrogen and oxygen atoms in total. The summed E-state index contributed by atoms with van der Waals surface area (Å²) in [5, 5.41) is 0. The highest BCUT2D eigenvalue weighted by atomic mass is 19.4. The first-order chi connectivity index (χ1) is 11.7. The van der Waals surface area contributed by atoms with Gasteiger partial charge in [-0.05, 0) is 37.5 Å². The monoisotopic (exact) mass is 358 g/mol. The fourth-order valence-corrected chi connectivity index (χ4v) is 2.84. The minimum atomic E-state index is -4.43. The van der Waals surface area contributed by atoms with E-state index in [1.807, 2.05) is 32.0 Å². The predicted molar refractivity (Wildman–Crippen MR) is 89.7 cm³/mol. The summed E-state index contributed by atoms with van der Waals surface area (Å²) in [4.78, 5) is 15.0. The van der Waals surface area contributed by atoms with Crippen LogP contribution in [0.2, 0.25) is 0 Å². The quantitative estimate of drug-likeness (QED) is 0.733. The van der Waals surface area contributed by atoms with E-state index < -0.39 is 18.5 Å². The summed E-state index contributed by atoms with van der Waals surface area (Å²) < 4.78 is 42.6. The van der Waals surface area contributed by atoms with Gasteiger partial charge in [-0.25, -0.2) is 0 Å². The molecule has 0 N–H and O–H groups in total. The Hall–Kier alpha value is -1.76. The summed E-state index contributed by atoms with van der Waals surface area (Å²) in [7, 11) is 0. The number of aryl methyl sites for hydroxylation is 2. The van der Waals surface area contributed by atoms with Crippen molar-refractivity contribution in [1.82, 2.24) is 9.80 Å². The molecule has 0 bridgehead atoms. The van der Waals surface area contributed by atoms with Crippen LogP contribution in [0.3, 0.4) is 0 Å². The highest BCUT2D eigenvalue weighted by Crippen LogP contribution is 2.21. The number of halogens is 3. The first-order valence-corrected chi connectivity index (χ1v) is 8.51. The highest BCUT2D eigenvalue weighted by Gasteiger charge is 2.34. The van der Waals surface area contributed by atoms with Crippen LogP contribution in [-0.4, -0.2) is 61.2 Å². The molecular weight excluding hydrogens is 333 g/mol. The van der Waals surface area contributed by atoms with Crippen molar-refractivity contribution in [3.63, 3.8) is 0 Å². The molecule has 1 amide bonds. The number of alkyl halides is 3. The Labute approximate surface area is 146 Å². The minimum absolute atomic E-state index is 0.354. The Balaban J connectivity index is 1.65. The van der Waals surface area contributed by atoms with Crippen molar-refractivity contribution in [2.24, 2.45) is 0 Å². The lowest BCUT2D eigenvalue weighted by molar-refractivity contribution is -0.162. The fourth-order valence-electron chi connectivity index (χ4n) is 2.84. The smallest absolute Gasteiger partial charge is 0.397 e. The molecule has 0 saturated carbocycles. The van der Waals surface area contributed by atoms with E-state index in [9.17, 15) is 18.0 Å². The predicted octanol–water partition coefficient (Wildman–Crippen LogP) is 3.17. The van der Waals surface area contributed by atoms with Gasteiger partial charge in [-0.15, -0.1) is 0 Å². The number of rotatable bonds is 6. The normalized spacial score (nSPS) is 16.1. The van der Waals surface area contributed by atoms with Crippen molar-refractivity contribution < 1.29 is 22.7 Å². The SMILES string of the molecule is Cc1ccc(C)c(OCCCN2CCN(C(=O)CC(F)(F)F)CC2)c1. The van der Waals surface area contributed by atoms with Crippen molar-refractivity contribution >= 4 is 5.91 Å². The molecule has 0 aliphatic carbocycles. The van der Waals surface area contributed by atoms with Gasteiger partial charge < -0.3 is 9.64 Å². The zero-order chi connectivity index (χ0) is 18.4. The molecule has 0 atom stereocenters. The minimum Gasteiger partial charge on any atom is -0.493 e. The molecule has 1 saturated heterocycles. The standard InChI is InChI=1S/C18H25F3N2O2/c1-14-4-5-15(2)16(12-14)25-11-3-6-22-7-9-23(10-8-22)17(24)13-18(19,20)21/h4-5,12H,3,6-11,13H2,1-2H3. The largest absolute Gasteiger partial charge is 0.493 e. The van der Waals surface area contributed by atoms with Crippen LogP contribution in [0.4, 0.5) is 13.2 Å². The molecule has 2 rings (SSSR count). The lowest BCUT2D eigenvalue weighted by atomic mass is 10.1. The molecule has 1 aliphatic heterocycles. The third-order valence-corrected chi connectivity index (χ3v) is 4.30. The number of piperazine rings is 1. The van der Waals surface area contributed by atoms with Crippen molar-refractivity contribution in [2.45, 2.75) is 32.9 Å². The van der Waals surface area contributed by atoms with E-state index in [0.29, 0.717) is 32.8 Å². The summed E-state index contributed by atoms with van der Waals surface area (Å²) in [5.41, 5.74) is 2.25. The summed E-state index contributed by atoms with van der Waals surface area (Å²) in [6.45, 7) is 7.35. The molecule has 1 aromatic rings. The maximum absolute atomic E-state index is 12.3. The van der Waals surface area contributed by atoms with Gasteiger partial charge in [0.25, 0.3) is 0 Å². The fraction of sp³-hybridized carbons (Fsp3) is 0.611. The lowest BCUT2D eigenvalue weighted by Crippen LogP contribution is -2.49. The molecule has 0 spiro atoms. The Morgan fingerprint density at radius 3 is 2.48 bits per heavy atom. The third kappa shape index (κ3) is 6.57. The molecule has 1 fully saturated rings. The highest BCUT2D eigenvalue weighted by molar-refractivity contribution is 5.76. The Kier molecular flexibility index (Phi) is 6.70. The first-order valence-electron chi connectivity index (χ1n) is 8.51. The molecule has 0 aromatic heterocycles. The zero-order valence-electron chi connectivity index (χ0n) is 14.7. The molecule has 1 aliphatic rings. The van der Waals surface area contributed by atoms with Crippen LogP contribution in [0.25, 0.3) is 0 Å². The third-order valence-electron chi connectivity index (χ3n) is 4.30. The van der Waals surface area contributed by atoms with Gasteiger partial charge in [0.05, 0.1) is 6.61 Å². The average molecular weight is 358 g/mol. The molecule has 25 heavy (non-hydrogen) atoms. The van der Waals surface area contributed by atoms with Gasteiger partial charge in [-0.1, -0.05) is 12.1 Å². The van der Waals surface area contributed by atoms with Gasteiger partial charge in [-0.2, -0.15) is 13.2 Å². The van der Waals surface area contributed by atoms with Crippen LogP contribution in [0.15, 0.2) is 18.2 Å². The Bertz CT molecular complexity index is 582. The molecule has 0 radical (unpaired) electrons. The summed E-state index contributed by atoms with van der Waals surface area (Å²) >= 11 is 0. The van der Waals surface area contributed by atoms with Crippen LogP contribution < -0.4 is 4.74 Å². The zero-order valence-corrected chi connectivity index (χ0v) is 14.7. The van der Waals surface area contributed by atoms with E-state index in [0.717, 1.165) is 29.8 Å². The maximum atomic E-state index is 12.3. The molecule has 140 valence electrons. The van der Waals surface area contributed by atoms with Crippen LogP contribution >= 0.6 is 0 Å². The van der Waals surface area contributed by atoms with Crippen LogP contribution in [-0.2, 0) is 4.79 Å². The second-order valence-corrected chi connectivity index (χ2v) is 6.49. The van der Waals surface area contributed by atoms with Gasteiger partial charge in [0.15, 0.2) is 0 Å². The molecular formula is C18H25F3N2O2. The number of carbonyl (C=O) groups excluding carboxylic acids is 1. The topological polar surface area (TPSA) is 32.8 Å². The van der Waals surface area contributed by atoms with Crippen molar-refractivity contribution in [3.05, 3.63) is 29.3 Å². The number of nitrogens with zero attached hydrogens (tertiary/aromatic N) is 2. The van der Waals surface area contributed by atoms with Gasteiger partial charge in [0.2, 0.25) is 5.91 Å². The summed E-state index contributed by atoms with van der Waals surface area (Å²) in [6, 6.07) is 6.09. The van der Waals surface area contributed by atoms with E-state index in [-0.39, 0.29) is 0 Å². The lowest BCUT2D eigenvalue weighted by Gasteiger charge is -2.34. The van der Waals surface area contributed by atoms with Crippen molar-refractivity contribution in [2.75, 3.05) is 39.3 Å². The van der Waals surface area contributed by atoms with Crippen LogP contribution in [0, 0.1) is 13.8 Å². The van der Waals surface area contributed by atoms with E-state index >= 15 is 0 Å². The van der Waals surface area contributed by atoms with E-state index in [1.165, 1.54) is 4.90 Å². The summed E-state index contributed by atoms with van der Waals surface area (Å²) in [5.74, 6) is 0.0629. The number of ether oxygens (including phenoxy) is 1. The number of hydrogen-bond donors (Lipinski definition) is 0. The van der Waals surface area contributed by atoms with Gasteiger partial charge in [0.1, 0.15) is 12.2 Å². The second kappa shape index (κ2) is 8.56. The molecule has 0 unspecified atom stereocenters. The number of hydrogen-bond acceptors (Lipinski definition) is 3. The average Bonchev–Trinajstić information content (AvgIpc) is 2.53. The second-order valence-electron chi connectivity index (χ2n) is 6.49.